The molecule has 0 saturated carbocycles. The molecule has 1 amide bonds. The zero-order valence-electron chi connectivity index (χ0n) is 14.6. The Morgan fingerprint density at radius 2 is 2.11 bits per heavy atom. The van der Waals surface area contributed by atoms with Gasteiger partial charge in [-0.15, -0.1) is 11.3 Å². The molecule has 0 saturated heterocycles. The van der Waals surface area contributed by atoms with E-state index in [1.165, 1.54) is 11.3 Å². The minimum atomic E-state index is -0.214. The van der Waals surface area contributed by atoms with Crippen molar-refractivity contribution in [2.75, 3.05) is 18.5 Å². The molecule has 0 bridgehead atoms. The number of pyridine rings is 1. The van der Waals surface area contributed by atoms with Crippen LogP contribution in [0.15, 0.2) is 42.7 Å². The standard InChI is InChI=1S/C19H17N3O4S/c1-12-18(27-17(21-12)11-26-14-3-2-6-20-10-14)19(23)22-13-4-5-15-16(9-13)25-8-7-24-15/h2-6,9-10H,7-8,11H2,1H3,(H,22,23). The fourth-order valence-electron chi connectivity index (χ4n) is 2.61. The van der Waals surface area contributed by atoms with Gasteiger partial charge < -0.3 is 19.5 Å². The number of rotatable bonds is 5. The molecule has 1 aliphatic rings. The van der Waals surface area contributed by atoms with Crippen molar-refractivity contribution in [3.05, 3.63) is 58.3 Å². The Morgan fingerprint density at radius 3 is 2.93 bits per heavy atom. The minimum Gasteiger partial charge on any atom is -0.486 e. The molecule has 0 fully saturated rings. The molecule has 1 N–H and O–H groups in total. The molecule has 4 rings (SSSR count). The molecular weight excluding hydrogens is 366 g/mol. The van der Waals surface area contributed by atoms with Crippen molar-refractivity contribution in [1.82, 2.24) is 9.97 Å². The Kier molecular flexibility index (Phi) is 4.88. The van der Waals surface area contributed by atoms with E-state index in [1.54, 1.807) is 36.7 Å². The highest BCUT2D eigenvalue weighted by Gasteiger charge is 2.18. The van der Waals surface area contributed by atoms with Gasteiger partial charge in [0.15, 0.2) is 11.5 Å². The number of carbonyl (C=O) groups excluding carboxylic acids is 1. The molecule has 8 heteroatoms. The predicted octanol–water partition coefficient (Wildman–Crippen LogP) is 3.45. The smallest absolute Gasteiger partial charge is 0.267 e. The number of nitrogens with one attached hydrogen (secondary N) is 1. The minimum absolute atomic E-state index is 0.214. The fraction of sp³-hybridized carbons (Fsp3) is 0.211. The van der Waals surface area contributed by atoms with Gasteiger partial charge in [0.1, 0.15) is 35.5 Å². The number of ether oxygens (including phenoxy) is 3. The average molecular weight is 383 g/mol. The van der Waals surface area contributed by atoms with Crippen LogP contribution in [-0.2, 0) is 6.61 Å². The summed E-state index contributed by atoms with van der Waals surface area (Å²) >= 11 is 1.31. The first-order valence-electron chi connectivity index (χ1n) is 8.39. The summed E-state index contributed by atoms with van der Waals surface area (Å²) in [6.07, 6.45) is 3.32. The Bertz CT molecular complexity index is 959. The van der Waals surface area contributed by atoms with E-state index in [2.05, 4.69) is 15.3 Å². The summed E-state index contributed by atoms with van der Waals surface area (Å²) in [5.74, 6) is 1.76. The van der Waals surface area contributed by atoms with Crippen LogP contribution in [0, 0.1) is 6.92 Å². The monoisotopic (exact) mass is 383 g/mol. The lowest BCUT2D eigenvalue weighted by atomic mass is 10.2. The van der Waals surface area contributed by atoms with Crippen molar-refractivity contribution in [2.45, 2.75) is 13.5 Å². The molecule has 0 unspecified atom stereocenters. The van der Waals surface area contributed by atoms with Gasteiger partial charge in [-0.25, -0.2) is 4.98 Å². The van der Waals surface area contributed by atoms with Crippen LogP contribution in [0.1, 0.15) is 20.4 Å². The van der Waals surface area contributed by atoms with Crippen molar-refractivity contribution in [1.29, 1.82) is 0 Å². The molecule has 0 aliphatic carbocycles. The Labute approximate surface area is 159 Å². The second-order valence-electron chi connectivity index (χ2n) is 5.81. The van der Waals surface area contributed by atoms with E-state index >= 15 is 0 Å². The van der Waals surface area contributed by atoms with Crippen LogP contribution >= 0.6 is 11.3 Å². The summed E-state index contributed by atoms with van der Waals surface area (Å²) in [7, 11) is 0. The van der Waals surface area contributed by atoms with Crippen LogP contribution in [0.25, 0.3) is 0 Å². The van der Waals surface area contributed by atoms with E-state index < -0.39 is 0 Å². The molecule has 27 heavy (non-hydrogen) atoms. The number of hydrogen-bond donors (Lipinski definition) is 1. The number of hydrogen-bond acceptors (Lipinski definition) is 7. The van der Waals surface area contributed by atoms with Gasteiger partial charge in [0.2, 0.25) is 0 Å². The molecule has 0 atom stereocenters. The first-order chi connectivity index (χ1) is 13.2. The molecule has 1 aromatic carbocycles. The largest absolute Gasteiger partial charge is 0.486 e. The maximum Gasteiger partial charge on any atom is 0.267 e. The summed E-state index contributed by atoms with van der Waals surface area (Å²) in [5.41, 5.74) is 1.31. The van der Waals surface area contributed by atoms with Crippen LogP contribution in [-0.4, -0.2) is 29.1 Å². The van der Waals surface area contributed by atoms with Crippen LogP contribution in [0.3, 0.4) is 0 Å². The molecular formula is C19H17N3O4S. The number of fused-ring (bicyclic) bond motifs is 1. The van der Waals surface area contributed by atoms with Crippen LogP contribution in [0.5, 0.6) is 17.2 Å². The molecule has 0 radical (unpaired) electrons. The molecule has 3 aromatic rings. The third-order valence-corrected chi connectivity index (χ3v) is 4.97. The Balaban J connectivity index is 1.43. The second-order valence-corrected chi connectivity index (χ2v) is 6.90. The van der Waals surface area contributed by atoms with Crippen molar-refractivity contribution in [2.24, 2.45) is 0 Å². The van der Waals surface area contributed by atoms with Gasteiger partial charge in [0, 0.05) is 18.0 Å². The Hall–Kier alpha value is -3.13. The number of aryl methyl sites for hydroxylation is 1. The fourth-order valence-corrected chi connectivity index (χ4v) is 3.48. The molecule has 3 heterocycles. The SMILES string of the molecule is Cc1nc(COc2cccnc2)sc1C(=O)Nc1ccc2c(c1)OCCO2. The number of amides is 1. The average Bonchev–Trinajstić information content (AvgIpc) is 3.08. The molecule has 0 spiro atoms. The maximum absolute atomic E-state index is 12.6. The summed E-state index contributed by atoms with van der Waals surface area (Å²) in [4.78, 5) is 21.6. The summed E-state index contributed by atoms with van der Waals surface area (Å²) in [6.45, 7) is 3.12. The first-order valence-corrected chi connectivity index (χ1v) is 9.21. The molecule has 1 aliphatic heterocycles. The van der Waals surface area contributed by atoms with Crippen molar-refractivity contribution in [3.63, 3.8) is 0 Å². The van der Waals surface area contributed by atoms with Gasteiger partial charge in [-0.2, -0.15) is 0 Å². The van der Waals surface area contributed by atoms with E-state index in [0.717, 1.165) is 5.01 Å². The topological polar surface area (TPSA) is 82.6 Å². The number of nitrogens with zero attached hydrogens (tertiary/aromatic N) is 2. The summed E-state index contributed by atoms with van der Waals surface area (Å²) < 4.78 is 16.7. The highest BCUT2D eigenvalue weighted by molar-refractivity contribution is 7.13. The molecule has 7 nitrogen and oxygen atoms in total. The van der Waals surface area contributed by atoms with Crippen LogP contribution < -0.4 is 19.5 Å². The Morgan fingerprint density at radius 1 is 1.26 bits per heavy atom. The zero-order valence-corrected chi connectivity index (χ0v) is 15.4. The highest BCUT2D eigenvalue weighted by atomic mass is 32.1. The van der Waals surface area contributed by atoms with Gasteiger partial charge in [-0.05, 0) is 31.2 Å². The van der Waals surface area contributed by atoms with Gasteiger partial charge in [-0.3, -0.25) is 9.78 Å². The number of thiazole rings is 1. The van der Waals surface area contributed by atoms with Crippen LogP contribution in [0.2, 0.25) is 0 Å². The predicted molar refractivity (Wildman–Crippen MR) is 101 cm³/mol. The van der Waals surface area contributed by atoms with E-state index in [1.807, 2.05) is 13.0 Å². The van der Waals surface area contributed by atoms with E-state index in [0.29, 0.717) is 46.7 Å². The van der Waals surface area contributed by atoms with E-state index in [9.17, 15) is 4.79 Å². The van der Waals surface area contributed by atoms with Gasteiger partial charge >= 0.3 is 0 Å². The number of anilines is 1. The second kappa shape index (κ2) is 7.63. The first kappa shape index (κ1) is 17.3. The lowest BCUT2D eigenvalue weighted by Crippen LogP contribution is -2.16. The lowest BCUT2D eigenvalue weighted by Gasteiger charge is -2.18. The summed E-state index contributed by atoms with van der Waals surface area (Å²) in [5, 5.41) is 3.61. The van der Waals surface area contributed by atoms with E-state index in [-0.39, 0.29) is 12.5 Å². The molecule has 2 aromatic heterocycles. The maximum atomic E-state index is 12.6. The quantitative estimate of drug-likeness (QED) is 0.727. The van der Waals surface area contributed by atoms with Crippen molar-refractivity contribution in [3.8, 4) is 17.2 Å². The van der Waals surface area contributed by atoms with Gasteiger partial charge in [-0.1, -0.05) is 0 Å². The highest BCUT2D eigenvalue weighted by Crippen LogP contribution is 2.33. The third-order valence-electron chi connectivity index (χ3n) is 3.84. The third kappa shape index (κ3) is 4.01. The number of benzene rings is 1. The van der Waals surface area contributed by atoms with Crippen molar-refractivity contribution >= 4 is 22.9 Å². The van der Waals surface area contributed by atoms with Crippen LogP contribution in [0.4, 0.5) is 5.69 Å². The van der Waals surface area contributed by atoms with Gasteiger partial charge in [0.05, 0.1) is 11.9 Å². The summed E-state index contributed by atoms with van der Waals surface area (Å²) in [6, 6.07) is 8.96. The lowest BCUT2D eigenvalue weighted by molar-refractivity contribution is 0.102. The normalized spacial score (nSPS) is 12.5. The van der Waals surface area contributed by atoms with Gasteiger partial charge in [0.25, 0.3) is 5.91 Å². The van der Waals surface area contributed by atoms with E-state index in [4.69, 9.17) is 14.2 Å². The molecule has 138 valence electrons. The van der Waals surface area contributed by atoms with Crippen molar-refractivity contribution < 1.29 is 19.0 Å². The number of carbonyl (C=O) groups is 1. The zero-order chi connectivity index (χ0) is 18.6. The number of aromatic nitrogens is 2.